The van der Waals surface area contributed by atoms with Crippen molar-refractivity contribution in [3.05, 3.63) is 35.1 Å². The van der Waals surface area contributed by atoms with E-state index >= 15 is 0 Å². The summed E-state index contributed by atoms with van der Waals surface area (Å²) in [6, 6.07) is 5.16. The van der Waals surface area contributed by atoms with Gasteiger partial charge in [-0.1, -0.05) is 6.07 Å². The van der Waals surface area contributed by atoms with Crippen LogP contribution in [-0.4, -0.2) is 29.2 Å². The minimum atomic E-state index is -0.180. The minimum Gasteiger partial charge on any atom is -0.395 e. The third kappa shape index (κ3) is 2.42. The molecule has 1 atom stereocenters. The van der Waals surface area contributed by atoms with Crippen LogP contribution in [0.2, 0.25) is 0 Å². The largest absolute Gasteiger partial charge is 0.395 e. The number of halogens is 1. The second kappa shape index (κ2) is 4.93. The number of likely N-dealkylation sites (tertiary alicyclic amines) is 1. The summed E-state index contributed by atoms with van der Waals surface area (Å²) in [6.45, 7) is 3.95. The highest BCUT2D eigenvalue weighted by atomic mass is 19.1. The molecule has 0 aromatic heterocycles. The lowest BCUT2D eigenvalue weighted by Gasteiger charge is -2.23. The molecule has 1 N–H and O–H groups in total. The van der Waals surface area contributed by atoms with Crippen molar-refractivity contribution in [1.29, 1.82) is 0 Å². The van der Waals surface area contributed by atoms with E-state index in [-0.39, 0.29) is 18.5 Å². The number of aliphatic hydroxyl groups excluding tert-OH is 1. The molecular weight excluding hydrogens is 205 g/mol. The standard InChI is InChI=1S/C13H18FNO/c1-10-4-5-12(14)7-11(10)8-15-6-2-3-13(15)9-16/h4-5,7,13,16H,2-3,6,8-9H2,1H3/t13-/m0/s1. The van der Waals surface area contributed by atoms with Gasteiger partial charge in [-0.15, -0.1) is 0 Å². The van der Waals surface area contributed by atoms with Crippen molar-refractivity contribution in [2.24, 2.45) is 0 Å². The van der Waals surface area contributed by atoms with Crippen molar-refractivity contribution < 1.29 is 9.50 Å². The number of hydrogen-bond donors (Lipinski definition) is 1. The van der Waals surface area contributed by atoms with E-state index in [1.54, 1.807) is 6.07 Å². The minimum absolute atomic E-state index is 0.180. The highest BCUT2D eigenvalue weighted by molar-refractivity contribution is 5.26. The summed E-state index contributed by atoms with van der Waals surface area (Å²) in [5.41, 5.74) is 2.14. The summed E-state index contributed by atoms with van der Waals surface area (Å²) in [5.74, 6) is -0.180. The Morgan fingerprint density at radius 1 is 1.50 bits per heavy atom. The monoisotopic (exact) mass is 223 g/mol. The first-order valence-electron chi connectivity index (χ1n) is 5.80. The molecule has 1 aliphatic rings. The second-order valence-corrected chi connectivity index (χ2v) is 4.52. The van der Waals surface area contributed by atoms with Crippen LogP contribution < -0.4 is 0 Å². The molecule has 1 heterocycles. The van der Waals surface area contributed by atoms with Gasteiger partial charge >= 0.3 is 0 Å². The Labute approximate surface area is 95.7 Å². The van der Waals surface area contributed by atoms with E-state index in [9.17, 15) is 9.50 Å². The molecule has 1 fully saturated rings. The normalized spacial score (nSPS) is 21.6. The van der Waals surface area contributed by atoms with Crippen molar-refractivity contribution in [1.82, 2.24) is 4.90 Å². The summed E-state index contributed by atoms with van der Waals surface area (Å²) in [6.07, 6.45) is 2.17. The molecule has 1 aliphatic heterocycles. The smallest absolute Gasteiger partial charge is 0.123 e. The van der Waals surface area contributed by atoms with Gasteiger partial charge in [0.05, 0.1) is 6.61 Å². The molecule has 0 amide bonds. The van der Waals surface area contributed by atoms with E-state index in [0.29, 0.717) is 0 Å². The maximum atomic E-state index is 13.1. The molecule has 0 saturated carbocycles. The molecule has 0 spiro atoms. The van der Waals surface area contributed by atoms with Crippen molar-refractivity contribution in [2.75, 3.05) is 13.2 Å². The molecule has 1 aromatic rings. The number of benzene rings is 1. The zero-order valence-corrected chi connectivity index (χ0v) is 9.62. The zero-order chi connectivity index (χ0) is 11.5. The van der Waals surface area contributed by atoms with Gasteiger partial charge in [0.25, 0.3) is 0 Å². The highest BCUT2D eigenvalue weighted by Crippen LogP contribution is 2.21. The molecule has 0 aliphatic carbocycles. The Morgan fingerprint density at radius 3 is 3.06 bits per heavy atom. The molecule has 2 rings (SSSR count). The summed E-state index contributed by atoms with van der Waals surface area (Å²) >= 11 is 0. The molecule has 1 saturated heterocycles. The molecule has 0 radical (unpaired) electrons. The van der Waals surface area contributed by atoms with Crippen molar-refractivity contribution in [2.45, 2.75) is 32.4 Å². The molecule has 0 unspecified atom stereocenters. The van der Waals surface area contributed by atoms with E-state index in [2.05, 4.69) is 4.90 Å². The summed E-state index contributed by atoms with van der Waals surface area (Å²) < 4.78 is 13.1. The van der Waals surface area contributed by atoms with Crippen LogP contribution in [-0.2, 0) is 6.54 Å². The summed E-state index contributed by atoms with van der Waals surface area (Å²) in [4.78, 5) is 2.24. The Balaban J connectivity index is 2.11. The first kappa shape index (κ1) is 11.6. The van der Waals surface area contributed by atoms with Crippen molar-refractivity contribution in [3.63, 3.8) is 0 Å². The lowest BCUT2D eigenvalue weighted by atomic mass is 10.1. The number of rotatable bonds is 3. The number of hydrogen-bond acceptors (Lipinski definition) is 2. The fourth-order valence-electron chi connectivity index (χ4n) is 2.34. The Bertz CT molecular complexity index is 367. The Morgan fingerprint density at radius 2 is 2.31 bits per heavy atom. The molecule has 16 heavy (non-hydrogen) atoms. The third-order valence-corrected chi connectivity index (χ3v) is 3.39. The predicted molar refractivity (Wildman–Crippen MR) is 61.7 cm³/mol. The molecule has 0 bridgehead atoms. The van der Waals surface area contributed by atoms with Crippen LogP contribution in [0.25, 0.3) is 0 Å². The lowest BCUT2D eigenvalue weighted by molar-refractivity contribution is 0.153. The van der Waals surface area contributed by atoms with Crippen molar-refractivity contribution in [3.8, 4) is 0 Å². The highest BCUT2D eigenvalue weighted by Gasteiger charge is 2.23. The van der Waals surface area contributed by atoms with Gasteiger partial charge in [-0.25, -0.2) is 4.39 Å². The third-order valence-electron chi connectivity index (χ3n) is 3.39. The zero-order valence-electron chi connectivity index (χ0n) is 9.62. The Kier molecular flexibility index (Phi) is 3.56. The van der Waals surface area contributed by atoms with E-state index in [1.165, 1.54) is 6.07 Å². The van der Waals surface area contributed by atoms with Crippen LogP contribution >= 0.6 is 0 Å². The molecule has 2 nitrogen and oxygen atoms in total. The fraction of sp³-hybridized carbons (Fsp3) is 0.538. The van der Waals surface area contributed by atoms with E-state index in [4.69, 9.17) is 0 Å². The average molecular weight is 223 g/mol. The average Bonchev–Trinajstić information content (AvgIpc) is 2.71. The fourth-order valence-corrected chi connectivity index (χ4v) is 2.34. The van der Waals surface area contributed by atoms with Crippen molar-refractivity contribution >= 4 is 0 Å². The number of aryl methyl sites for hydroxylation is 1. The summed E-state index contributed by atoms with van der Waals surface area (Å²) in [5, 5.41) is 9.22. The van der Waals surface area contributed by atoms with Crippen LogP contribution in [0.5, 0.6) is 0 Å². The van der Waals surface area contributed by atoms with Gasteiger partial charge < -0.3 is 5.11 Å². The van der Waals surface area contributed by atoms with Crippen LogP contribution in [0.3, 0.4) is 0 Å². The van der Waals surface area contributed by atoms with Gasteiger partial charge in [0.15, 0.2) is 0 Å². The van der Waals surface area contributed by atoms with E-state index in [1.807, 2.05) is 13.0 Å². The van der Waals surface area contributed by atoms with Gasteiger partial charge in [0.1, 0.15) is 5.82 Å². The van der Waals surface area contributed by atoms with Gasteiger partial charge in [-0.05, 0) is 49.6 Å². The van der Waals surface area contributed by atoms with Crippen LogP contribution in [0.15, 0.2) is 18.2 Å². The van der Waals surface area contributed by atoms with Gasteiger partial charge in [-0.3, -0.25) is 4.90 Å². The molecule has 88 valence electrons. The topological polar surface area (TPSA) is 23.5 Å². The van der Waals surface area contributed by atoms with Crippen LogP contribution in [0.1, 0.15) is 24.0 Å². The summed E-state index contributed by atoms with van der Waals surface area (Å²) in [7, 11) is 0. The first-order chi connectivity index (χ1) is 7.70. The predicted octanol–water partition coefficient (Wildman–Crippen LogP) is 2.09. The van der Waals surface area contributed by atoms with Crippen LogP contribution in [0, 0.1) is 12.7 Å². The SMILES string of the molecule is Cc1ccc(F)cc1CN1CCC[C@H]1CO. The number of aliphatic hydroxyl groups is 1. The number of nitrogens with zero attached hydrogens (tertiary/aromatic N) is 1. The van der Waals surface area contributed by atoms with E-state index in [0.717, 1.165) is 37.1 Å². The first-order valence-corrected chi connectivity index (χ1v) is 5.80. The lowest BCUT2D eigenvalue weighted by Crippen LogP contribution is -2.31. The van der Waals surface area contributed by atoms with Gasteiger partial charge in [-0.2, -0.15) is 0 Å². The van der Waals surface area contributed by atoms with Gasteiger partial charge in [0, 0.05) is 12.6 Å². The molecular formula is C13H18FNO. The maximum Gasteiger partial charge on any atom is 0.123 e. The maximum absolute atomic E-state index is 13.1. The quantitative estimate of drug-likeness (QED) is 0.848. The van der Waals surface area contributed by atoms with Gasteiger partial charge in [0.2, 0.25) is 0 Å². The molecule has 1 aromatic carbocycles. The van der Waals surface area contributed by atoms with Crippen LogP contribution in [0.4, 0.5) is 4.39 Å². The second-order valence-electron chi connectivity index (χ2n) is 4.52. The Hall–Kier alpha value is -0.930. The molecule has 3 heteroatoms. The van der Waals surface area contributed by atoms with E-state index < -0.39 is 0 Å².